The van der Waals surface area contributed by atoms with Crippen molar-refractivity contribution in [3.8, 4) is 11.4 Å². The monoisotopic (exact) mass is 292 g/mol. The lowest BCUT2D eigenvalue weighted by atomic mass is 9.96. The molecule has 2 aromatic rings. The second-order valence-corrected chi connectivity index (χ2v) is 5.20. The highest BCUT2D eigenvalue weighted by Gasteiger charge is 2.19. The fourth-order valence-electron chi connectivity index (χ4n) is 2.50. The summed E-state index contributed by atoms with van der Waals surface area (Å²) < 4.78 is 13.1. The van der Waals surface area contributed by atoms with Crippen LogP contribution in [0.5, 0.6) is 0 Å². The molecule has 0 saturated carbocycles. The lowest BCUT2D eigenvalue weighted by molar-refractivity contribution is 0.628. The average Bonchev–Trinajstić information content (AvgIpc) is 2.46. The van der Waals surface area contributed by atoms with Gasteiger partial charge in [0.1, 0.15) is 11.6 Å². The van der Waals surface area contributed by atoms with Gasteiger partial charge < -0.3 is 5.43 Å². The molecule has 20 heavy (non-hydrogen) atoms. The Morgan fingerprint density at radius 2 is 2.00 bits per heavy atom. The van der Waals surface area contributed by atoms with Crippen LogP contribution in [0.2, 0.25) is 5.02 Å². The highest BCUT2D eigenvalue weighted by Crippen LogP contribution is 2.31. The van der Waals surface area contributed by atoms with Crippen molar-refractivity contribution in [1.82, 2.24) is 9.97 Å². The summed E-state index contributed by atoms with van der Waals surface area (Å²) in [5.41, 5.74) is 5.30. The summed E-state index contributed by atoms with van der Waals surface area (Å²) in [5.74, 6) is 6.27. The number of nitrogen functional groups attached to an aromatic ring is 1. The Bertz CT molecular complexity index is 643. The molecule has 6 heteroatoms. The molecule has 0 aliphatic heterocycles. The Kier molecular flexibility index (Phi) is 3.54. The number of aromatic nitrogens is 2. The standard InChI is InChI=1S/C14H14ClFN4/c15-11-7-8(16)5-6-9(11)13-18-12-4-2-1-3-10(12)14(19-13)20-17/h5-7H,1-4,17H2,(H,18,19,20). The largest absolute Gasteiger partial charge is 0.308 e. The van der Waals surface area contributed by atoms with Crippen LogP contribution in [0.25, 0.3) is 11.4 Å². The third kappa shape index (κ3) is 2.34. The average molecular weight is 293 g/mol. The van der Waals surface area contributed by atoms with Crippen LogP contribution < -0.4 is 11.3 Å². The molecule has 0 atom stereocenters. The molecule has 0 spiro atoms. The molecule has 4 nitrogen and oxygen atoms in total. The number of rotatable bonds is 2. The molecule has 1 aromatic heterocycles. The molecule has 1 aliphatic rings. The predicted octanol–water partition coefficient (Wildman–Crippen LogP) is 3.10. The smallest absolute Gasteiger partial charge is 0.163 e. The molecule has 0 radical (unpaired) electrons. The minimum Gasteiger partial charge on any atom is -0.308 e. The van der Waals surface area contributed by atoms with Gasteiger partial charge in [0, 0.05) is 16.8 Å². The van der Waals surface area contributed by atoms with Gasteiger partial charge in [0.15, 0.2) is 5.82 Å². The lowest BCUT2D eigenvalue weighted by Gasteiger charge is -2.18. The number of benzene rings is 1. The Balaban J connectivity index is 2.14. The second kappa shape index (κ2) is 5.34. The number of fused-ring (bicyclic) bond motifs is 1. The Hall–Kier alpha value is -1.72. The first kappa shape index (κ1) is 13.3. The van der Waals surface area contributed by atoms with E-state index in [-0.39, 0.29) is 5.82 Å². The van der Waals surface area contributed by atoms with Gasteiger partial charge in [-0.15, -0.1) is 0 Å². The normalized spacial score (nSPS) is 13.9. The highest BCUT2D eigenvalue weighted by atomic mass is 35.5. The maximum absolute atomic E-state index is 13.1. The van der Waals surface area contributed by atoms with E-state index in [9.17, 15) is 4.39 Å². The SMILES string of the molecule is NNc1nc(-c2ccc(F)cc2Cl)nc2c1CCCC2. The van der Waals surface area contributed by atoms with Crippen molar-refractivity contribution in [2.24, 2.45) is 5.84 Å². The van der Waals surface area contributed by atoms with Crippen molar-refractivity contribution in [2.45, 2.75) is 25.7 Å². The van der Waals surface area contributed by atoms with E-state index in [1.165, 1.54) is 12.1 Å². The van der Waals surface area contributed by atoms with Crippen LogP contribution in [0.15, 0.2) is 18.2 Å². The van der Waals surface area contributed by atoms with E-state index in [1.54, 1.807) is 6.07 Å². The van der Waals surface area contributed by atoms with Crippen LogP contribution >= 0.6 is 11.6 Å². The summed E-state index contributed by atoms with van der Waals surface area (Å²) in [6, 6.07) is 4.19. The first-order valence-corrected chi connectivity index (χ1v) is 6.88. The Morgan fingerprint density at radius 3 is 2.75 bits per heavy atom. The van der Waals surface area contributed by atoms with E-state index in [4.69, 9.17) is 17.4 Å². The molecular formula is C14H14ClFN4. The zero-order chi connectivity index (χ0) is 14.1. The summed E-state index contributed by atoms with van der Waals surface area (Å²) in [6.45, 7) is 0. The molecule has 0 bridgehead atoms. The van der Waals surface area contributed by atoms with Crippen LogP contribution in [-0.2, 0) is 12.8 Å². The Labute approximate surface area is 121 Å². The van der Waals surface area contributed by atoms with E-state index in [2.05, 4.69) is 15.4 Å². The lowest BCUT2D eigenvalue weighted by Crippen LogP contribution is -2.17. The maximum Gasteiger partial charge on any atom is 0.163 e. The predicted molar refractivity (Wildman–Crippen MR) is 76.9 cm³/mol. The summed E-state index contributed by atoms with van der Waals surface area (Å²) >= 11 is 6.07. The molecule has 0 saturated heterocycles. The van der Waals surface area contributed by atoms with Crippen LogP contribution in [0.3, 0.4) is 0 Å². The number of aryl methyl sites for hydroxylation is 1. The quantitative estimate of drug-likeness (QED) is 0.659. The zero-order valence-electron chi connectivity index (χ0n) is 10.8. The molecule has 0 unspecified atom stereocenters. The van der Waals surface area contributed by atoms with Crippen molar-refractivity contribution < 1.29 is 4.39 Å². The number of nitrogens with two attached hydrogens (primary N) is 1. The van der Waals surface area contributed by atoms with Gasteiger partial charge in [-0.05, 0) is 43.9 Å². The number of hydrogen-bond donors (Lipinski definition) is 2. The van der Waals surface area contributed by atoms with Crippen molar-refractivity contribution in [1.29, 1.82) is 0 Å². The first-order chi connectivity index (χ1) is 9.69. The molecule has 1 heterocycles. The van der Waals surface area contributed by atoms with Gasteiger partial charge in [-0.3, -0.25) is 0 Å². The fourth-order valence-corrected chi connectivity index (χ4v) is 2.76. The van der Waals surface area contributed by atoms with Gasteiger partial charge in [0.05, 0.1) is 5.02 Å². The summed E-state index contributed by atoms with van der Waals surface area (Å²) in [7, 11) is 0. The molecule has 1 aromatic carbocycles. The van der Waals surface area contributed by atoms with Gasteiger partial charge in [-0.1, -0.05) is 11.6 Å². The fraction of sp³-hybridized carbons (Fsp3) is 0.286. The maximum atomic E-state index is 13.1. The van der Waals surface area contributed by atoms with Crippen LogP contribution in [-0.4, -0.2) is 9.97 Å². The number of nitrogens with zero attached hydrogens (tertiary/aromatic N) is 2. The number of nitrogens with one attached hydrogen (secondary N) is 1. The number of hydrogen-bond acceptors (Lipinski definition) is 4. The van der Waals surface area contributed by atoms with Gasteiger partial charge in [0.2, 0.25) is 0 Å². The van der Waals surface area contributed by atoms with Gasteiger partial charge in [0.25, 0.3) is 0 Å². The van der Waals surface area contributed by atoms with Crippen LogP contribution in [0.1, 0.15) is 24.1 Å². The van der Waals surface area contributed by atoms with Crippen molar-refractivity contribution in [3.05, 3.63) is 40.3 Å². The molecule has 3 rings (SSSR count). The highest BCUT2D eigenvalue weighted by molar-refractivity contribution is 6.33. The van der Waals surface area contributed by atoms with Crippen molar-refractivity contribution in [2.75, 3.05) is 5.43 Å². The third-order valence-corrected chi connectivity index (χ3v) is 3.80. The topological polar surface area (TPSA) is 63.8 Å². The van der Waals surface area contributed by atoms with Crippen LogP contribution in [0, 0.1) is 5.82 Å². The van der Waals surface area contributed by atoms with E-state index in [1.807, 2.05) is 0 Å². The molecular weight excluding hydrogens is 279 g/mol. The van der Waals surface area contributed by atoms with Crippen molar-refractivity contribution >= 4 is 17.4 Å². The van der Waals surface area contributed by atoms with Gasteiger partial charge in [-0.2, -0.15) is 0 Å². The number of halogens is 2. The molecule has 1 aliphatic carbocycles. The van der Waals surface area contributed by atoms with Gasteiger partial charge in [-0.25, -0.2) is 20.2 Å². The molecule has 0 fully saturated rings. The van der Waals surface area contributed by atoms with Crippen LogP contribution in [0.4, 0.5) is 10.2 Å². The molecule has 104 valence electrons. The Morgan fingerprint density at radius 1 is 1.20 bits per heavy atom. The number of hydrazine groups is 1. The second-order valence-electron chi connectivity index (χ2n) is 4.80. The van der Waals surface area contributed by atoms with E-state index >= 15 is 0 Å². The van der Waals surface area contributed by atoms with Crippen molar-refractivity contribution in [3.63, 3.8) is 0 Å². The van der Waals surface area contributed by atoms with E-state index in [0.29, 0.717) is 22.2 Å². The van der Waals surface area contributed by atoms with E-state index in [0.717, 1.165) is 36.9 Å². The van der Waals surface area contributed by atoms with Gasteiger partial charge >= 0.3 is 0 Å². The summed E-state index contributed by atoms with van der Waals surface area (Å²) in [4.78, 5) is 8.98. The molecule has 0 amide bonds. The van der Waals surface area contributed by atoms with E-state index < -0.39 is 0 Å². The minimum atomic E-state index is -0.381. The molecule has 3 N–H and O–H groups in total. The summed E-state index contributed by atoms with van der Waals surface area (Å²) in [5, 5.41) is 0.295. The third-order valence-electron chi connectivity index (χ3n) is 3.49. The summed E-state index contributed by atoms with van der Waals surface area (Å²) in [6.07, 6.45) is 4.04. The minimum absolute atomic E-state index is 0.295. The first-order valence-electron chi connectivity index (χ1n) is 6.51. The zero-order valence-corrected chi connectivity index (χ0v) is 11.5. The number of anilines is 1.